The minimum absolute atomic E-state index is 0.161. The number of benzene rings is 3. The van der Waals surface area contributed by atoms with E-state index in [-0.39, 0.29) is 17.2 Å². The molecule has 0 saturated carbocycles. The van der Waals surface area contributed by atoms with Crippen LogP contribution in [0, 0.1) is 0 Å². The van der Waals surface area contributed by atoms with E-state index in [9.17, 15) is 9.59 Å². The van der Waals surface area contributed by atoms with Crippen LogP contribution in [0.3, 0.4) is 0 Å². The average Bonchev–Trinajstić information content (AvgIpc) is 3.12. The van der Waals surface area contributed by atoms with Crippen LogP contribution in [0.15, 0.2) is 77.4 Å². The van der Waals surface area contributed by atoms with E-state index in [0.29, 0.717) is 21.2 Å². The Hall–Kier alpha value is -3.61. The predicted octanol–water partition coefficient (Wildman–Crippen LogP) is 5.78. The number of rotatable bonds is 5. The molecule has 0 spiro atoms. The number of anilines is 2. The van der Waals surface area contributed by atoms with Crippen molar-refractivity contribution in [2.75, 3.05) is 5.32 Å². The largest absolute Gasteiger partial charge is 0.478 e. The maximum Gasteiger partial charge on any atom is 0.363 e. The van der Waals surface area contributed by atoms with E-state index in [0.717, 1.165) is 11.4 Å². The van der Waals surface area contributed by atoms with Gasteiger partial charge in [-0.3, -0.25) is 0 Å². The first kappa shape index (κ1) is 20.7. The number of carboxylic acids is 1. The highest BCUT2D eigenvalue weighted by molar-refractivity contribution is 6.42. The Labute approximate surface area is 187 Å². The summed E-state index contributed by atoms with van der Waals surface area (Å²) in [7, 11) is 0. The lowest BCUT2D eigenvalue weighted by Crippen LogP contribution is -2.05. The van der Waals surface area contributed by atoms with Crippen LogP contribution in [0.4, 0.5) is 11.4 Å². The summed E-state index contributed by atoms with van der Waals surface area (Å²) in [6.07, 6.45) is 1.58. The number of aromatic carboxylic acids is 1. The van der Waals surface area contributed by atoms with Gasteiger partial charge in [-0.2, -0.15) is 0 Å². The molecular formula is C23H14Cl2N2O4. The second-order valence-electron chi connectivity index (χ2n) is 6.59. The number of hydrogen-bond acceptors (Lipinski definition) is 5. The Kier molecular flexibility index (Phi) is 5.75. The van der Waals surface area contributed by atoms with Crippen molar-refractivity contribution in [2.24, 2.45) is 4.99 Å². The maximum atomic E-state index is 12.2. The fourth-order valence-electron chi connectivity index (χ4n) is 2.85. The second kappa shape index (κ2) is 8.63. The van der Waals surface area contributed by atoms with Crippen molar-refractivity contribution in [3.63, 3.8) is 0 Å². The molecule has 0 aromatic heterocycles. The molecule has 0 saturated heterocycles. The van der Waals surface area contributed by atoms with Crippen molar-refractivity contribution in [3.8, 4) is 0 Å². The number of nitrogens with zero attached hydrogens (tertiary/aromatic N) is 1. The molecule has 0 fully saturated rings. The summed E-state index contributed by atoms with van der Waals surface area (Å²) in [6.45, 7) is 0. The smallest absolute Gasteiger partial charge is 0.363 e. The molecule has 0 unspecified atom stereocenters. The van der Waals surface area contributed by atoms with Gasteiger partial charge in [-0.05, 0) is 72.3 Å². The van der Waals surface area contributed by atoms with E-state index >= 15 is 0 Å². The van der Waals surface area contributed by atoms with Gasteiger partial charge in [-0.15, -0.1) is 0 Å². The molecule has 0 aliphatic carbocycles. The summed E-state index contributed by atoms with van der Waals surface area (Å²) in [5.74, 6) is -1.33. The molecule has 6 nitrogen and oxygen atoms in total. The van der Waals surface area contributed by atoms with Crippen molar-refractivity contribution in [1.29, 1.82) is 0 Å². The molecule has 0 bridgehead atoms. The number of aliphatic imine (C=N–C) groups is 1. The van der Waals surface area contributed by atoms with Gasteiger partial charge in [0.2, 0.25) is 5.90 Å². The number of ether oxygens (including phenoxy) is 1. The summed E-state index contributed by atoms with van der Waals surface area (Å²) in [4.78, 5) is 27.4. The third-order valence-corrected chi connectivity index (χ3v) is 5.16. The molecule has 8 heteroatoms. The number of carbonyl (C=O) groups excluding carboxylic acids is 1. The number of carbonyl (C=O) groups is 2. The second-order valence-corrected chi connectivity index (χ2v) is 7.41. The van der Waals surface area contributed by atoms with Gasteiger partial charge in [0.1, 0.15) is 0 Å². The molecule has 3 aromatic rings. The van der Waals surface area contributed by atoms with E-state index in [1.54, 1.807) is 60.7 Å². The molecule has 4 rings (SSSR count). The lowest BCUT2D eigenvalue weighted by Gasteiger charge is -2.07. The predicted molar refractivity (Wildman–Crippen MR) is 120 cm³/mol. The van der Waals surface area contributed by atoms with E-state index in [1.807, 2.05) is 0 Å². The maximum absolute atomic E-state index is 12.2. The minimum Gasteiger partial charge on any atom is -0.478 e. The van der Waals surface area contributed by atoms with Crippen molar-refractivity contribution in [3.05, 3.63) is 99.2 Å². The quantitative estimate of drug-likeness (QED) is 0.378. The monoisotopic (exact) mass is 452 g/mol. The first-order valence-corrected chi connectivity index (χ1v) is 9.83. The minimum atomic E-state index is -0.977. The summed E-state index contributed by atoms with van der Waals surface area (Å²) in [5, 5.41) is 12.9. The van der Waals surface area contributed by atoms with Crippen molar-refractivity contribution in [2.45, 2.75) is 0 Å². The van der Waals surface area contributed by atoms with Gasteiger partial charge in [-0.25, -0.2) is 14.6 Å². The van der Waals surface area contributed by atoms with Crippen LogP contribution < -0.4 is 5.32 Å². The summed E-state index contributed by atoms with van der Waals surface area (Å²) < 4.78 is 5.29. The van der Waals surface area contributed by atoms with Crippen LogP contribution in [0.5, 0.6) is 0 Å². The third-order valence-electron chi connectivity index (χ3n) is 4.42. The Balaban J connectivity index is 1.50. The van der Waals surface area contributed by atoms with Crippen LogP contribution in [-0.4, -0.2) is 22.9 Å². The van der Waals surface area contributed by atoms with Crippen molar-refractivity contribution < 1.29 is 19.4 Å². The van der Waals surface area contributed by atoms with Crippen LogP contribution in [0.2, 0.25) is 10.0 Å². The van der Waals surface area contributed by atoms with Gasteiger partial charge in [0.15, 0.2) is 5.70 Å². The fourth-order valence-corrected chi connectivity index (χ4v) is 3.16. The number of halogens is 2. The molecule has 154 valence electrons. The van der Waals surface area contributed by atoms with Gasteiger partial charge >= 0.3 is 11.9 Å². The summed E-state index contributed by atoms with van der Waals surface area (Å²) >= 11 is 11.9. The Bertz CT molecular complexity index is 1230. The van der Waals surface area contributed by atoms with Crippen LogP contribution >= 0.6 is 23.2 Å². The van der Waals surface area contributed by atoms with Gasteiger partial charge in [0.25, 0.3) is 0 Å². The highest BCUT2D eigenvalue weighted by Crippen LogP contribution is 2.26. The fraction of sp³-hybridized carbons (Fsp3) is 0. The van der Waals surface area contributed by atoms with E-state index < -0.39 is 11.9 Å². The molecule has 3 aromatic carbocycles. The van der Waals surface area contributed by atoms with Crippen molar-refractivity contribution >= 4 is 58.5 Å². The van der Waals surface area contributed by atoms with Crippen LogP contribution in [0.25, 0.3) is 6.08 Å². The number of cyclic esters (lactones) is 1. The number of esters is 1. The van der Waals surface area contributed by atoms with Crippen LogP contribution in [0.1, 0.15) is 21.5 Å². The normalized spacial score (nSPS) is 14.3. The van der Waals surface area contributed by atoms with Gasteiger partial charge in [-0.1, -0.05) is 29.3 Å². The van der Waals surface area contributed by atoms with Crippen LogP contribution in [-0.2, 0) is 9.53 Å². The number of carboxylic acid groups (broad SMARTS) is 1. The number of hydrogen-bond donors (Lipinski definition) is 2. The van der Waals surface area contributed by atoms with Gasteiger partial charge in [0, 0.05) is 16.9 Å². The van der Waals surface area contributed by atoms with Crippen molar-refractivity contribution in [1.82, 2.24) is 0 Å². The molecule has 1 aliphatic rings. The standard InChI is InChI=1S/C23H14Cl2N2O4/c24-18-10-1-13(11-19(18)25)12-20-23(30)31-21(27-20)14-2-6-16(7-3-14)26-17-8-4-15(5-9-17)22(28)29/h1-12,26H,(H,28,29)/b20-12+. The zero-order valence-corrected chi connectivity index (χ0v) is 17.3. The lowest BCUT2D eigenvalue weighted by molar-refractivity contribution is -0.129. The Morgan fingerprint density at radius 1 is 0.935 bits per heavy atom. The zero-order valence-electron chi connectivity index (χ0n) is 15.8. The van der Waals surface area contributed by atoms with E-state index in [4.69, 9.17) is 33.0 Å². The molecule has 31 heavy (non-hydrogen) atoms. The Morgan fingerprint density at radius 2 is 1.58 bits per heavy atom. The first-order chi connectivity index (χ1) is 14.9. The highest BCUT2D eigenvalue weighted by Gasteiger charge is 2.24. The van der Waals surface area contributed by atoms with Gasteiger partial charge < -0.3 is 15.2 Å². The highest BCUT2D eigenvalue weighted by atomic mass is 35.5. The molecule has 0 atom stereocenters. The Morgan fingerprint density at radius 3 is 2.19 bits per heavy atom. The molecule has 0 amide bonds. The summed E-state index contributed by atoms with van der Waals surface area (Å²) in [5.41, 5.74) is 3.22. The van der Waals surface area contributed by atoms with Gasteiger partial charge in [0.05, 0.1) is 15.6 Å². The third kappa shape index (κ3) is 4.77. The SMILES string of the molecule is O=C1OC(c2ccc(Nc3ccc(C(=O)O)cc3)cc2)=N/C1=C/c1ccc(Cl)c(Cl)c1. The average molecular weight is 453 g/mol. The molecule has 1 aliphatic heterocycles. The number of nitrogens with one attached hydrogen (secondary N) is 1. The lowest BCUT2D eigenvalue weighted by atomic mass is 10.2. The molecule has 2 N–H and O–H groups in total. The topological polar surface area (TPSA) is 88.0 Å². The molecule has 1 heterocycles. The van der Waals surface area contributed by atoms with E-state index in [1.165, 1.54) is 12.1 Å². The summed E-state index contributed by atoms with van der Waals surface area (Å²) in [6, 6.07) is 18.6. The first-order valence-electron chi connectivity index (χ1n) is 9.07. The molecule has 0 radical (unpaired) electrons. The molecular weight excluding hydrogens is 439 g/mol. The zero-order chi connectivity index (χ0) is 22.0. The van der Waals surface area contributed by atoms with E-state index in [2.05, 4.69) is 10.3 Å².